The van der Waals surface area contributed by atoms with E-state index in [0.29, 0.717) is 12.3 Å². The number of nitrogens with zero attached hydrogens (tertiary/aromatic N) is 3. The first-order valence-electron chi connectivity index (χ1n) is 9.35. The van der Waals surface area contributed by atoms with Crippen molar-refractivity contribution in [2.75, 3.05) is 27.9 Å². The zero-order valence-electron chi connectivity index (χ0n) is 17.6. The van der Waals surface area contributed by atoms with E-state index in [2.05, 4.69) is 11.6 Å². The van der Waals surface area contributed by atoms with Gasteiger partial charge in [0.05, 0.1) is 39.3 Å². The number of rotatable bonds is 8. The van der Waals surface area contributed by atoms with Crippen LogP contribution in [0.2, 0.25) is 0 Å². The lowest BCUT2D eigenvalue weighted by Crippen LogP contribution is -2.15. The smallest absolute Gasteiger partial charge is 0.206 e. The molecule has 0 radical (unpaired) electrons. The van der Waals surface area contributed by atoms with Crippen LogP contribution in [0.1, 0.15) is 12.5 Å². The average Bonchev–Trinajstić information content (AvgIpc) is 3.19. The molecule has 7 heteroatoms. The van der Waals surface area contributed by atoms with Crippen molar-refractivity contribution in [1.29, 1.82) is 0 Å². The monoisotopic (exact) mass is 423 g/mol. The van der Waals surface area contributed by atoms with Crippen LogP contribution in [0.4, 0.5) is 0 Å². The quantitative estimate of drug-likeness (QED) is 0.393. The summed E-state index contributed by atoms with van der Waals surface area (Å²) in [5, 5.41) is 6.94. The summed E-state index contributed by atoms with van der Waals surface area (Å²) in [6, 6.07) is 13.6. The summed E-state index contributed by atoms with van der Waals surface area (Å²) in [7, 11) is 4.92. The first-order chi connectivity index (χ1) is 14.6. The predicted octanol–water partition coefficient (Wildman–Crippen LogP) is 4.60. The Balaban J connectivity index is 2.13. The number of hydrogen-bond acceptors (Lipinski definition) is 6. The summed E-state index contributed by atoms with van der Waals surface area (Å²) in [6.07, 6.45) is 1.76. The fraction of sp³-hybridized carbons (Fsp3) is 0.217. The van der Waals surface area contributed by atoms with Crippen LogP contribution in [-0.2, 0) is 0 Å². The van der Waals surface area contributed by atoms with Crippen LogP contribution in [0.5, 0.6) is 17.2 Å². The molecule has 6 nitrogen and oxygen atoms in total. The van der Waals surface area contributed by atoms with Crippen molar-refractivity contribution >= 4 is 17.0 Å². The Morgan fingerprint density at radius 2 is 1.73 bits per heavy atom. The summed E-state index contributed by atoms with van der Waals surface area (Å²) in [6.45, 7) is 6.23. The number of thiazole rings is 1. The molecule has 3 rings (SSSR count). The van der Waals surface area contributed by atoms with Crippen molar-refractivity contribution in [3.8, 4) is 28.5 Å². The topological polar surface area (TPSA) is 57.3 Å². The highest BCUT2D eigenvalue weighted by atomic mass is 32.1. The number of hydrogen-bond donors (Lipinski definition) is 0. The molecule has 0 saturated carbocycles. The standard InChI is InChI=1S/C23H25N3O3S/c1-6-13-24-23-26(21(15-30-23)17-7-9-18(27-3)10-8-17)25-16(2)20-12-11-19(28-4)14-22(20)29-5/h6-12,14-15H,1,13H2,2-5H3. The van der Waals surface area contributed by atoms with Gasteiger partial charge in [0, 0.05) is 22.6 Å². The molecule has 0 aliphatic carbocycles. The van der Waals surface area contributed by atoms with Gasteiger partial charge < -0.3 is 14.2 Å². The van der Waals surface area contributed by atoms with Gasteiger partial charge in [-0.25, -0.2) is 4.68 Å². The molecule has 0 bridgehead atoms. The number of ether oxygens (including phenoxy) is 3. The van der Waals surface area contributed by atoms with Crippen molar-refractivity contribution in [3.05, 3.63) is 70.9 Å². The van der Waals surface area contributed by atoms with Gasteiger partial charge in [0.25, 0.3) is 0 Å². The molecule has 0 unspecified atom stereocenters. The largest absolute Gasteiger partial charge is 0.497 e. The van der Waals surface area contributed by atoms with E-state index < -0.39 is 0 Å². The fourth-order valence-electron chi connectivity index (χ4n) is 2.91. The molecule has 0 amide bonds. The van der Waals surface area contributed by atoms with Gasteiger partial charge in [0.15, 0.2) is 0 Å². The Bertz CT molecular complexity index is 1110. The number of benzene rings is 2. The third-order valence-corrected chi connectivity index (χ3v) is 5.33. The summed E-state index contributed by atoms with van der Waals surface area (Å²) < 4.78 is 18.0. The lowest BCUT2D eigenvalue weighted by molar-refractivity contribution is 0.394. The number of methoxy groups -OCH3 is 3. The molecule has 30 heavy (non-hydrogen) atoms. The van der Waals surface area contributed by atoms with Gasteiger partial charge in [-0.3, -0.25) is 4.99 Å². The van der Waals surface area contributed by atoms with E-state index in [1.165, 1.54) is 11.3 Å². The lowest BCUT2D eigenvalue weighted by Gasteiger charge is -2.11. The molecule has 1 aromatic heterocycles. The van der Waals surface area contributed by atoms with Crippen molar-refractivity contribution < 1.29 is 14.2 Å². The molecule has 1 heterocycles. The summed E-state index contributed by atoms with van der Waals surface area (Å²) in [4.78, 5) is 5.39. The lowest BCUT2D eigenvalue weighted by atomic mass is 10.1. The molecule has 0 N–H and O–H groups in total. The van der Waals surface area contributed by atoms with Gasteiger partial charge in [-0.05, 0) is 43.3 Å². The van der Waals surface area contributed by atoms with E-state index in [1.54, 1.807) is 27.4 Å². The highest BCUT2D eigenvalue weighted by Crippen LogP contribution is 2.27. The van der Waals surface area contributed by atoms with Crippen LogP contribution in [0.15, 0.2) is 70.6 Å². The predicted molar refractivity (Wildman–Crippen MR) is 122 cm³/mol. The van der Waals surface area contributed by atoms with Gasteiger partial charge in [-0.2, -0.15) is 5.10 Å². The van der Waals surface area contributed by atoms with Gasteiger partial charge in [0.1, 0.15) is 17.2 Å². The van der Waals surface area contributed by atoms with Gasteiger partial charge in [-0.1, -0.05) is 6.08 Å². The van der Waals surface area contributed by atoms with E-state index in [9.17, 15) is 0 Å². The van der Waals surface area contributed by atoms with E-state index in [0.717, 1.165) is 38.8 Å². The van der Waals surface area contributed by atoms with E-state index >= 15 is 0 Å². The molecule has 0 fully saturated rings. The van der Waals surface area contributed by atoms with E-state index in [1.807, 2.05) is 59.4 Å². The maximum atomic E-state index is 5.55. The van der Waals surface area contributed by atoms with Crippen LogP contribution in [0.3, 0.4) is 0 Å². The highest BCUT2D eigenvalue weighted by Gasteiger charge is 2.12. The SMILES string of the molecule is C=CCN=c1scc(-c2ccc(OC)cc2)n1N=C(C)c1ccc(OC)cc1OC. The maximum Gasteiger partial charge on any atom is 0.206 e. The summed E-state index contributed by atoms with van der Waals surface area (Å²) in [5.41, 5.74) is 3.64. The molecule has 0 aliphatic heterocycles. The normalized spacial score (nSPS) is 12.0. The molecule has 156 valence electrons. The van der Waals surface area contributed by atoms with Crippen molar-refractivity contribution in [2.24, 2.45) is 10.1 Å². The molecule has 0 atom stereocenters. The third kappa shape index (κ3) is 4.63. The molecule has 2 aromatic carbocycles. The van der Waals surface area contributed by atoms with Crippen LogP contribution in [-0.4, -0.2) is 38.3 Å². The van der Waals surface area contributed by atoms with Crippen LogP contribution in [0.25, 0.3) is 11.3 Å². The fourth-order valence-corrected chi connectivity index (χ4v) is 3.75. The molecule has 0 aliphatic rings. The zero-order chi connectivity index (χ0) is 21.5. The second-order valence-corrected chi connectivity index (χ2v) is 7.16. The first-order valence-corrected chi connectivity index (χ1v) is 10.2. The minimum Gasteiger partial charge on any atom is -0.497 e. The Morgan fingerprint density at radius 3 is 2.37 bits per heavy atom. The Kier molecular flexibility index (Phi) is 7.08. The van der Waals surface area contributed by atoms with Gasteiger partial charge in [0.2, 0.25) is 4.80 Å². The molecule has 0 spiro atoms. The maximum absolute atomic E-state index is 5.55. The second-order valence-electron chi connectivity index (χ2n) is 6.32. The van der Waals surface area contributed by atoms with Crippen molar-refractivity contribution in [3.63, 3.8) is 0 Å². The molecular weight excluding hydrogens is 398 g/mol. The first kappa shape index (κ1) is 21.4. The minimum atomic E-state index is 0.517. The van der Waals surface area contributed by atoms with Crippen LogP contribution >= 0.6 is 11.3 Å². The van der Waals surface area contributed by atoms with Crippen LogP contribution < -0.4 is 19.0 Å². The molecule has 3 aromatic rings. The summed E-state index contributed by atoms with van der Waals surface area (Å²) >= 11 is 1.53. The van der Waals surface area contributed by atoms with Gasteiger partial charge >= 0.3 is 0 Å². The third-order valence-electron chi connectivity index (χ3n) is 4.48. The zero-order valence-corrected chi connectivity index (χ0v) is 18.4. The molecular formula is C23H25N3O3S. The van der Waals surface area contributed by atoms with Crippen molar-refractivity contribution in [2.45, 2.75) is 6.92 Å². The Hall–Kier alpha value is -3.32. The Labute approximate surface area is 180 Å². The number of aromatic nitrogens is 1. The highest BCUT2D eigenvalue weighted by molar-refractivity contribution is 7.07. The van der Waals surface area contributed by atoms with Gasteiger partial charge in [-0.15, -0.1) is 17.9 Å². The summed E-state index contributed by atoms with van der Waals surface area (Å²) in [5.74, 6) is 2.23. The van der Waals surface area contributed by atoms with E-state index in [4.69, 9.17) is 19.3 Å². The molecule has 0 saturated heterocycles. The van der Waals surface area contributed by atoms with E-state index in [-0.39, 0.29) is 0 Å². The second kappa shape index (κ2) is 9.93. The van der Waals surface area contributed by atoms with Crippen molar-refractivity contribution in [1.82, 2.24) is 4.68 Å². The minimum absolute atomic E-state index is 0.517. The average molecular weight is 424 g/mol. The van der Waals surface area contributed by atoms with Crippen LogP contribution in [0, 0.1) is 0 Å². The Morgan fingerprint density at radius 1 is 1.03 bits per heavy atom.